The highest BCUT2D eigenvalue weighted by Gasteiger charge is 2.22. The van der Waals surface area contributed by atoms with E-state index in [2.05, 4.69) is 22.9 Å². The average Bonchev–Trinajstić information content (AvgIpc) is 2.93. The van der Waals surface area contributed by atoms with Crippen LogP contribution in [0.3, 0.4) is 0 Å². The monoisotopic (exact) mass is 316 g/mol. The number of hydrogen-bond acceptors (Lipinski definition) is 4. The maximum Gasteiger partial charge on any atom is 0.335 e. The Labute approximate surface area is 134 Å². The molecule has 4 nitrogen and oxygen atoms in total. The molecule has 22 heavy (non-hydrogen) atoms. The molecule has 5 heteroatoms. The third-order valence-corrected chi connectivity index (χ3v) is 5.24. The number of aryl methyl sites for hydroxylation is 1. The fraction of sp³-hybridized carbons (Fsp3) is 0.412. The molecule has 0 saturated carbocycles. The minimum atomic E-state index is -0.852. The Morgan fingerprint density at radius 3 is 3.09 bits per heavy atom. The number of hydrogen-bond donors (Lipinski definition) is 1. The predicted octanol–water partition coefficient (Wildman–Crippen LogP) is 3.53. The van der Waals surface area contributed by atoms with Crippen LogP contribution in [0.2, 0.25) is 0 Å². The fourth-order valence-corrected chi connectivity index (χ4v) is 3.90. The molecule has 1 fully saturated rings. The zero-order valence-corrected chi connectivity index (χ0v) is 13.5. The minimum absolute atomic E-state index is 0.382. The van der Waals surface area contributed by atoms with Crippen LogP contribution >= 0.6 is 11.3 Å². The third-order valence-electron chi connectivity index (χ3n) is 4.32. The molecule has 0 amide bonds. The summed E-state index contributed by atoms with van der Waals surface area (Å²) in [5.41, 5.74) is 4.56. The van der Waals surface area contributed by atoms with Crippen LogP contribution in [0.5, 0.6) is 0 Å². The van der Waals surface area contributed by atoms with Crippen LogP contribution in [-0.2, 0) is 6.54 Å². The van der Waals surface area contributed by atoms with E-state index in [0.717, 1.165) is 43.7 Å². The first-order chi connectivity index (χ1) is 10.6. The lowest BCUT2D eigenvalue weighted by Gasteiger charge is -2.32. The maximum absolute atomic E-state index is 11.1. The first-order valence-corrected chi connectivity index (χ1v) is 8.46. The molecule has 1 saturated heterocycles. The van der Waals surface area contributed by atoms with E-state index in [1.165, 1.54) is 4.88 Å². The Kier molecular flexibility index (Phi) is 4.55. The van der Waals surface area contributed by atoms with Crippen LogP contribution in [-0.4, -0.2) is 34.0 Å². The van der Waals surface area contributed by atoms with Crippen LogP contribution in [0, 0.1) is 6.92 Å². The summed E-state index contributed by atoms with van der Waals surface area (Å²) in [5, 5.41) is 9.15. The summed E-state index contributed by atoms with van der Waals surface area (Å²) in [6.45, 7) is 5.10. The van der Waals surface area contributed by atoms with Gasteiger partial charge < -0.3 is 5.11 Å². The second-order valence-corrected chi connectivity index (χ2v) is 6.81. The van der Waals surface area contributed by atoms with Crippen molar-refractivity contribution in [2.75, 3.05) is 13.1 Å². The van der Waals surface area contributed by atoms with E-state index in [4.69, 9.17) is 5.11 Å². The molecule has 0 radical (unpaired) electrons. The number of rotatable bonds is 4. The minimum Gasteiger partial charge on any atom is -0.478 e. The molecule has 1 aliphatic rings. The van der Waals surface area contributed by atoms with E-state index in [-0.39, 0.29) is 0 Å². The Morgan fingerprint density at radius 2 is 2.36 bits per heavy atom. The molecular formula is C17H20N2O2S. The second kappa shape index (κ2) is 6.58. The maximum atomic E-state index is 11.1. The van der Waals surface area contributed by atoms with Crippen molar-refractivity contribution in [1.29, 1.82) is 0 Å². The van der Waals surface area contributed by atoms with Gasteiger partial charge in [-0.2, -0.15) is 0 Å². The summed E-state index contributed by atoms with van der Waals surface area (Å²) < 4.78 is 0. The van der Waals surface area contributed by atoms with Crippen LogP contribution in [0.25, 0.3) is 0 Å². The summed E-state index contributed by atoms with van der Waals surface area (Å²) in [6, 6.07) is 7.39. The van der Waals surface area contributed by atoms with Crippen molar-refractivity contribution in [3.05, 3.63) is 51.5 Å². The quantitative estimate of drug-likeness (QED) is 0.937. The van der Waals surface area contributed by atoms with Crippen LogP contribution in [0.1, 0.15) is 45.3 Å². The van der Waals surface area contributed by atoms with Crippen molar-refractivity contribution in [2.45, 2.75) is 32.2 Å². The van der Waals surface area contributed by atoms with Gasteiger partial charge >= 0.3 is 5.97 Å². The van der Waals surface area contributed by atoms with Crippen LogP contribution < -0.4 is 0 Å². The highest BCUT2D eigenvalue weighted by Crippen LogP contribution is 2.29. The number of benzene rings is 1. The molecule has 1 aromatic heterocycles. The third kappa shape index (κ3) is 3.36. The largest absolute Gasteiger partial charge is 0.478 e. The highest BCUT2D eigenvalue weighted by molar-refractivity contribution is 7.09. The number of carbonyl (C=O) groups is 1. The molecule has 116 valence electrons. The molecule has 1 N–H and O–H groups in total. The van der Waals surface area contributed by atoms with Gasteiger partial charge in [0.1, 0.15) is 0 Å². The summed E-state index contributed by atoms with van der Waals surface area (Å²) in [4.78, 5) is 19.2. The number of carboxylic acids is 1. The lowest BCUT2D eigenvalue weighted by Crippen LogP contribution is -2.33. The average molecular weight is 316 g/mol. The second-order valence-electron chi connectivity index (χ2n) is 5.87. The van der Waals surface area contributed by atoms with E-state index >= 15 is 0 Å². The molecule has 0 aliphatic carbocycles. The van der Waals surface area contributed by atoms with E-state index in [9.17, 15) is 4.79 Å². The van der Waals surface area contributed by atoms with Gasteiger partial charge in [0, 0.05) is 18.0 Å². The van der Waals surface area contributed by atoms with Crippen molar-refractivity contribution in [3.63, 3.8) is 0 Å². The van der Waals surface area contributed by atoms with Gasteiger partial charge in [-0.05, 0) is 49.9 Å². The Bertz CT molecular complexity index is 668. The summed E-state index contributed by atoms with van der Waals surface area (Å²) in [6.07, 6.45) is 2.28. The molecule has 0 bridgehead atoms. The molecule has 1 aliphatic heterocycles. The topological polar surface area (TPSA) is 53.4 Å². The summed E-state index contributed by atoms with van der Waals surface area (Å²) in [5.74, 6) is -0.434. The smallest absolute Gasteiger partial charge is 0.335 e. The van der Waals surface area contributed by atoms with Gasteiger partial charge in [0.2, 0.25) is 0 Å². The Morgan fingerprint density at radius 1 is 1.50 bits per heavy atom. The van der Waals surface area contributed by atoms with E-state index in [1.807, 2.05) is 17.6 Å². The lowest BCUT2D eigenvalue weighted by atomic mass is 9.89. The van der Waals surface area contributed by atoms with E-state index in [1.54, 1.807) is 17.4 Å². The first kappa shape index (κ1) is 15.2. The van der Waals surface area contributed by atoms with Crippen molar-refractivity contribution >= 4 is 17.3 Å². The number of thiazole rings is 1. The SMILES string of the molecule is Cc1ncsc1CN1CCCC(c2cccc(C(=O)O)c2)C1. The zero-order valence-electron chi connectivity index (χ0n) is 12.7. The van der Waals surface area contributed by atoms with Gasteiger partial charge in [0.25, 0.3) is 0 Å². The Hall–Kier alpha value is -1.72. The molecule has 2 heterocycles. The zero-order chi connectivity index (χ0) is 15.5. The van der Waals surface area contributed by atoms with Crippen LogP contribution in [0.15, 0.2) is 29.8 Å². The number of aromatic carboxylic acids is 1. The van der Waals surface area contributed by atoms with Crippen molar-refractivity contribution in [1.82, 2.24) is 9.88 Å². The number of carboxylic acid groups (broad SMARTS) is 1. The standard InChI is InChI=1S/C17H20N2O2S/c1-12-16(22-11-18-12)10-19-7-3-6-15(9-19)13-4-2-5-14(8-13)17(20)21/h2,4-5,8,11,15H,3,6-7,9-10H2,1H3,(H,20,21). The summed E-state index contributed by atoms with van der Waals surface area (Å²) in [7, 11) is 0. The normalized spacial score (nSPS) is 19.2. The number of likely N-dealkylation sites (tertiary alicyclic amines) is 1. The molecule has 1 atom stereocenters. The fourth-order valence-electron chi connectivity index (χ4n) is 3.08. The molecule has 1 unspecified atom stereocenters. The van der Waals surface area contributed by atoms with Gasteiger partial charge in [-0.3, -0.25) is 4.90 Å². The molecule has 3 rings (SSSR count). The number of nitrogens with zero attached hydrogens (tertiary/aromatic N) is 2. The lowest BCUT2D eigenvalue weighted by molar-refractivity contribution is 0.0696. The molecule has 1 aromatic carbocycles. The van der Waals surface area contributed by atoms with E-state index < -0.39 is 5.97 Å². The van der Waals surface area contributed by atoms with Gasteiger partial charge in [-0.1, -0.05) is 12.1 Å². The van der Waals surface area contributed by atoms with Gasteiger partial charge in [-0.15, -0.1) is 11.3 Å². The number of aromatic nitrogens is 1. The van der Waals surface area contributed by atoms with Gasteiger partial charge in [-0.25, -0.2) is 9.78 Å². The molecule has 2 aromatic rings. The summed E-state index contributed by atoms with van der Waals surface area (Å²) >= 11 is 1.72. The van der Waals surface area contributed by atoms with Crippen LogP contribution in [0.4, 0.5) is 0 Å². The Balaban J connectivity index is 1.71. The van der Waals surface area contributed by atoms with Gasteiger partial charge in [0.05, 0.1) is 16.8 Å². The van der Waals surface area contributed by atoms with Gasteiger partial charge in [0.15, 0.2) is 0 Å². The predicted molar refractivity (Wildman–Crippen MR) is 87.5 cm³/mol. The van der Waals surface area contributed by atoms with Crippen molar-refractivity contribution in [2.24, 2.45) is 0 Å². The number of piperidine rings is 1. The molecular weight excluding hydrogens is 296 g/mol. The first-order valence-electron chi connectivity index (χ1n) is 7.58. The molecule has 0 spiro atoms. The van der Waals surface area contributed by atoms with Crippen molar-refractivity contribution < 1.29 is 9.90 Å². The highest BCUT2D eigenvalue weighted by atomic mass is 32.1. The van der Waals surface area contributed by atoms with Crippen molar-refractivity contribution in [3.8, 4) is 0 Å². The van der Waals surface area contributed by atoms with E-state index in [0.29, 0.717) is 11.5 Å².